The van der Waals surface area contributed by atoms with Gasteiger partial charge in [-0.25, -0.2) is 4.39 Å². The summed E-state index contributed by atoms with van der Waals surface area (Å²) in [6, 6.07) is 8.70. The molecule has 0 spiro atoms. The van der Waals surface area contributed by atoms with Crippen LogP contribution < -0.4 is 24.8 Å². The van der Waals surface area contributed by atoms with Gasteiger partial charge >= 0.3 is 0 Å². The summed E-state index contributed by atoms with van der Waals surface area (Å²) in [5, 5.41) is 6.49. The summed E-state index contributed by atoms with van der Waals surface area (Å²) in [5.41, 5.74) is 2.58. The second kappa shape index (κ2) is 11.8. The number of rotatable bonds is 7. The summed E-state index contributed by atoms with van der Waals surface area (Å²) in [6.07, 6.45) is 0.594. The summed E-state index contributed by atoms with van der Waals surface area (Å²) in [4.78, 5) is 4.23. The zero-order chi connectivity index (χ0) is 20.6. The molecular formula is C21H27FIN3O4. The lowest BCUT2D eigenvalue weighted by Gasteiger charge is -2.21. The Balaban J connectivity index is 0.00000320. The van der Waals surface area contributed by atoms with Crippen molar-refractivity contribution in [1.82, 2.24) is 10.6 Å². The molecule has 0 atom stereocenters. The fourth-order valence-corrected chi connectivity index (χ4v) is 3.15. The van der Waals surface area contributed by atoms with Crippen molar-refractivity contribution in [2.75, 3.05) is 34.6 Å². The number of methoxy groups -OCH3 is 2. The lowest BCUT2D eigenvalue weighted by Crippen LogP contribution is -2.37. The van der Waals surface area contributed by atoms with Crippen molar-refractivity contribution in [3.63, 3.8) is 0 Å². The van der Waals surface area contributed by atoms with Crippen molar-refractivity contribution < 1.29 is 23.3 Å². The van der Waals surface area contributed by atoms with Crippen molar-refractivity contribution in [1.29, 1.82) is 0 Å². The molecule has 164 valence electrons. The minimum Gasteiger partial charge on any atom is -0.493 e. The van der Waals surface area contributed by atoms with Gasteiger partial charge in [0.15, 0.2) is 24.3 Å². The number of aliphatic imine (C=N–C) groups is 1. The summed E-state index contributed by atoms with van der Waals surface area (Å²) in [7, 11) is 4.92. The molecule has 9 heteroatoms. The Morgan fingerprint density at radius 2 is 1.93 bits per heavy atom. The van der Waals surface area contributed by atoms with Gasteiger partial charge in [0.05, 0.1) is 20.8 Å². The number of benzene rings is 2. The van der Waals surface area contributed by atoms with E-state index >= 15 is 0 Å². The first-order valence-corrected chi connectivity index (χ1v) is 9.32. The summed E-state index contributed by atoms with van der Waals surface area (Å²) >= 11 is 0. The molecule has 0 amide bonds. The minimum absolute atomic E-state index is 0. The summed E-state index contributed by atoms with van der Waals surface area (Å²) in [5.74, 6) is 2.44. The molecule has 1 heterocycles. The Hall–Kier alpha value is -2.27. The van der Waals surface area contributed by atoms with Crippen molar-refractivity contribution in [2.24, 2.45) is 4.99 Å². The van der Waals surface area contributed by atoms with Crippen LogP contribution in [0.2, 0.25) is 0 Å². The molecule has 2 aromatic rings. The Morgan fingerprint density at radius 1 is 1.13 bits per heavy atom. The fourth-order valence-electron chi connectivity index (χ4n) is 3.15. The van der Waals surface area contributed by atoms with Crippen LogP contribution in [-0.4, -0.2) is 40.6 Å². The highest BCUT2D eigenvalue weighted by atomic mass is 127. The van der Waals surface area contributed by atoms with Gasteiger partial charge in [-0.2, -0.15) is 0 Å². The van der Waals surface area contributed by atoms with Crippen LogP contribution in [0.15, 0.2) is 35.3 Å². The number of hydrogen-bond donors (Lipinski definition) is 2. The number of guanidine groups is 1. The van der Waals surface area contributed by atoms with Gasteiger partial charge in [0.25, 0.3) is 0 Å². The number of nitrogens with zero attached hydrogens (tertiary/aromatic N) is 1. The number of hydrogen-bond acceptors (Lipinski definition) is 5. The van der Waals surface area contributed by atoms with Gasteiger partial charge in [-0.1, -0.05) is 6.07 Å². The molecular weight excluding hydrogens is 504 g/mol. The average Bonchev–Trinajstić information content (AvgIpc) is 2.75. The van der Waals surface area contributed by atoms with Gasteiger partial charge in [0, 0.05) is 25.7 Å². The Morgan fingerprint density at radius 3 is 2.67 bits per heavy atom. The van der Waals surface area contributed by atoms with E-state index in [0.717, 1.165) is 16.7 Å². The molecule has 0 unspecified atom stereocenters. The summed E-state index contributed by atoms with van der Waals surface area (Å²) in [6.45, 7) is 1.69. The maximum absolute atomic E-state index is 13.8. The maximum atomic E-state index is 13.8. The van der Waals surface area contributed by atoms with Crippen LogP contribution in [0.1, 0.15) is 16.7 Å². The molecule has 3 rings (SSSR count). The largest absolute Gasteiger partial charge is 0.493 e. The number of ether oxygens (including phenoxy) is 4. The molecule has 30 heavy (non-hydrogen) atoms. The summed E-state index contributed by atoms with van der Waals surface area (Å²) < 4.78 is 35.2. The van der Waals surface area contributed by atoms with E-state index < -0.39 is 0 Å². The maximum Gasteiger partial charge on any atom is 0.191 e. The fraction of sp³-hybridized carbons (Fsp3) is 0.381. The third kappa shape index (κ3) is 6.11. The standard InChI is InChI=1S/C21H26FN3O4.HI/c1-23-21(25-11-14-4-5-18(26-2)19(8-14)27-3)24-7-6-15-9-17(22)10-16-12-28-13-29-20(15)16;/h4-5,8-10H,6-7,11-13H2,1-3H3,(H2,23,24,25);1H. The van der Waals surface area contributed by atoms with Crippen molar-refractivity contribution in [2.45, 2.75) is 19.6 Å². The van der Waals surface area contributed by atoms with Gasteiger partial charge in [0.2, 0.25) is 0 Å². The van der Waals surface area contributed by atoms with Crippen molar-refractivity contribution in [3.05, 3.63) is 52.8 Å². The predicted molar refractivity (Wildman–Crippen MR) is 124 cm³/mol. The molecule has 1 aliphatic rings. The van der Waals surface area contributed by atoms with Gasteiger partial charge in [0.1, 0.15) is 11.6 Å². The topological polar surface area (TPSA) is 73.3 Å². The molecule has 0 bridgehead atoms. The lowest BCUT2D eigenvalue weighted by molar-refractivity contribution is -0.0172. The van der Waals surface area contributed by atoms with Gasteiger partial charge in [-0.3, -0.25) is 4.99 Å². The zero-order valence-corrected chi connectivity index (χ0v) is 19.6. The Bertz CT molecular complexity index is 880. The molecule has 0 saturated heterocycles. The van der Waals surface area contributed by atoms with E-state index in [-0.39, 0.29) is 36.6 Å². The van der Waals surface area contributed by atoms with Crippen LogP contribution in [0.5, 0.6) is 17.2 Å². The van der Waals surface area contributed by atoms with Gasteiger partial charge in [-0.05, 0) is 41.8 Å². The third-order valence-electron chi connectivity index (χ3n) is 4.57. The molecule has 7 nitrogen and oxygen atoms in total. The quantitative estimate of drug-likeness (QED) is 0.325. The van der Waals surface area contributed by atoms with E-state index in [4.69, 9.17) is 18.9 Å². The van der Waals surface area contributed by atoms with Crippen molar-refractivity contribution >= 4 is 29.9 Å². The van der Waals surface area contributed by atoms with Crippen LogP contribution in [-0.2, 0) is 24.3 Å². The Kier molecular flexibility index (Phi) is 9.44. The number of nitrogens with one attached hydrogen (secondary N) is 2. The van der Waals surface area contributed by atoms with Crippen LogP contribution >= 0.6 is 24.0 Å². The lowest BCUT2D eigenvalue weighted by atomic mass is 10.1. The van der Waals surface area contributed by atoms with Gasteiger partial charge < -0.3 is 29.6 Å². The van der Waals surface area contributed by atoms with E-state index in [9.17, 15) is 4.39 Å². The SMILES string of the molecule is CN=C(NCCc1cc(F)cc2c1OCOC2)NCc1ccc(OC)c(OC)c1.I. The number of halogens is 2. The molecule has 0 saturated carbocycles. The number of fused-ring (bicyclic) bond motifs is 1. The molecule has 0 aromatic heterocycles. The second-order valence-electron chi connectivity index (χ2n) is 6.46. The van der Waals surface area contributed by atoms with E-state index in [0.29, 0.717) is 49.3 Å². The molecule has 2 aromatic carbocycles. The molecule has 1 aliphatic heterocycles. The smallest absolute Gasteiger partial charge is 0.191 e. The first-order chi connectivity index (χ1) is 14.1. The van der Waals surface area contributed by atoms with Crippen LogP contribution in [0, 0.1) is 5.82 Å². The zero-order valence-electron chi connectivity index (χ0n) is 17.3. The molecule has 0 radical (unpaired) electrons. The normalized spacial score (nSPS) is 12.9. The first-order valence-electron chi connectivity index (χ1n) is 9.32. The highest BCUT2D eigenvalue weighted by Gasteiger charge is 2.16. The monoisotopic (exact) mass is 531 g/mol. The van der Waals surface area contributed by atoms with E-state index in [1.54, 1.807) is 21.3 Å². The van der Waals surface area contributed by atoms with Crippen LogP contribution in [0.25, 0.3) is 0 Å². The highest BCUT2D eigenvalue weighted by molar-refractivity contribution is 14.0. The molecule has 0 fully saturated rings. The van der Waals surface area contributed by atoms with E-state index in [2.05, 4.69) is 15.6 Å². The highest BCUT2D eigenvalue weighted by Crippen LogP contribution is 2.29. The van der Waals surface area contributed by atoms with E-state index in [1.165, 1.54) is 12.1 Å². The average molecular weight is 531 g/mol. The first kappa shape index (κ1) is 24.0. The van der Waals surface area contributed by atoms with Gasteiger partial charge in [-0.15, -0.1) is 24.0 Å². The molecule has 0 aliphatic carbocycles. The van der Waals surface area contributed by atoms with Crippen LogP contribution in [0.3, 0.4) is 0 Å². The van der Waals surface area contributed by atoms with Crippen LogP contribution in [0.4, 0.5) is 4.39 Å². The van der Waals surface area contributed by atoms with E-state index in [1.807, 2.05) is 18.2 Å². The minimum atomic E-state index is -0.288. The Labute approximate surface area is 193 Å². The van der Waals surface area contributed by atoms with Crippen molar-refractivity contribution in [3.8, 4) is 17.2 Å². The second-order valence-corrected chi connectivity index (χ2v) is 6.46. The molecule has 2 N–H and O–H groups in total. The third-order valence-corrected chi connectivity index (χ3v) is 4.57. The predicted octanol–water partition coefficient (Wildman–Crippen LogP) is 3.24.